The first kappa shape index (κ1) is 9.70. The fourth-order valence-electron chi connectivity index (χ4n) is 1.62. The zero-order valence-electron chi connectivity index (χ0n) is 9.25. The Hall–Kier alpha value is -2.51. The minimum atomic E-state index is 0.162. The molecular formula is C9H9N7O. The van der Waals surface area contributed by atoms with Gasteiger partial charge in [-0.25, -0.2) is 14.1 Å². The third-order valence-corrected chi connectivity index (χ3v) is 2.34. The molecule has 3 rings (SSSR count). The molecule has 0 aliphatic heterocycles. The van der Waals surface area contributed by atoms with Gasteiger partial charge in [0.25, 0.3) is 5.78 Å². The van der Waals surface area contributed by atoms with E-state index < -0.39 is 0 Å². The molecule has 0 bridgehead atoms. The molecule has 0 atom stereocenters. The molecule has 0 fully saturated rings. The molecule has 8 heteroatoms. The highest BCUT2D eigenvalue weighted by atomic mass is 16.6. The first-order chi connectivity index (χ1) is 8.15. The molecule has 0 amide bonds. The number of nitrogen functional groups attached to an aromatic ring is 1. The highest BCUT2D eigenvalue weighted by molar-refractivity contribution is 5.63. The predicted octanol–water partition coefficient (Wildman–Crippen LogP) is 0.373. The van der Waals surface area contributed by atoms with Crippen molar-refractivity contribution in [3.05, 3.63) is 17.5 Å². The number of aryl methyl sites for hydroxylation is 2. The van der Waals surface area contributed by atoms with E-state index in [0.717, 1.165) is 11.4 Å². The van der Waals surface area contributed by atoms with Crippen molar-refractivity contribution in [3.63, 3.8) is 0 Å². The maximum atomic E-state index is 5.59. The number of anilines is 1. The molecule has 0 spiro atoms. The Labute approximate surface area is 95.4 Å². The molecule has 86 valence electrons. The lowest BCUT2D eigenvalue weighted by atomic mass is 10.4. The van der Waals surface area contributed by atoms with Gasteiger partial charge in [0.2, 0.25) is 5.82 Å². The quantitative estimate of drug-likeness (QED) is 0.644. The number of aromatic nitrogens is 6. The number of rotatable bonds is 1. The number of nitrogens with zero attached hydrogens (tertiary/aromatic N) is 6. The minimum absolute atomic E-state index is 0.162. The van der Waals surface area contributed by atoms with Crippen molar-refractivity contribution in [2.75, 3.05) is 5.73 Å². The van der Waals surface area contributed by atoms with Gasteiger partial charge < -0.3 is 5.73 Å². The third kappa shape index (κ3) is 1.41. The van der Waals surface area contributed by atoms with Gasteiger partial charge in [0.05, 0.1) is 0 Å². The summed E-state index contributed by atoms with van der Waals surface area (Å²) in [6.07, 6.45) is 0. The lowest BCUT2D eigenvalue weighted by Gasteiger charge is -1.97. The van der Waals surface area contributed by atoms with E-state index in [9.17, 15) is 0 Å². The van der Waals surface area contributed by atoms with Crippen LogP contribution in [0.25, 0.3) is 17.3 Å². The highest BCUT2D eigenvalue weighted by Gasteiger charge is 2.16. The minimum Gasteiger partial charge on any atom is -0.379 e. The van der Waals surface area contributed by atoms with Crippen LogP contribution in [0.4, 0.5) is 5.82 Å². The van der Waals surface area contributed by atoms with Gasteiger partial charge in [-0.1, -0.05) is 0 Å². The molecule has 0 aromatic carbocycles. The van der Waals surface area contributed by atoms with E-state index in [-0.39, 0.29) is 5.82 Å². The van der Waals surface area contributed by atoms with E-state index in [1.165, 1.54) is 0 Å². The third-order valence-electron chi connectivity index (χ3n) is 2.34. The van der Waals surface area contributed by atoms with Crippen LogP contribution in [-0.4, -0.2) is 29.9 Å². The molecule has 0 saturated carbocycles. The van der Waals surface area contributed by atoms with E-state index in [4.69, 9.17) is 5.73 Å². The van der Waals surface area contributed by atoms with E-state index in [0.29, 0.717) is 17.3 Å². The van der Waals surface area contributed by atoms with Crippen LogP contribution in [0.5, 0.6) is 0 Å². The Balaban J connectivity index is 2.27. The van der Waals surface area contributed by atoms with Crippen LogP contribution < -0.4 is 5.73 Å². The molecule has 3 heterocycles. The van der Waals surface area contributed by atoms with Gasteiger partial charge in [0.15, 0.2) is 11.5 Å². The van der Waals surface area contributed by atoms with Crippen molar-refractivity contribution >= 4 is 11.6 Å². The maximum Gasteiger partial charge on any atom is 0.253 e. The normalized spacial score (nSPS) is 11.2. The molecular weight excluding hydrogens is 222 g/mol. The van der Waals surface area contributed by atoms with Gasteiger partial charge in [-0.2, -0.15) is 4.98 Å². The Morgan fingerprint density at radius 2 is 2.06 bits per heavy atom. The largest absolute Gasteiger partial charge is 0.379 e. The lowest BCUT2D eigenvalue weighted by Crippen LogP contribution is -1.97. The second kappa shape index (κ2) is 3.24. The Morgan fingerprint density at radius 1 is 1.24 bits per heavy atom. The Kier molecular flexibility index (Phi) is 1.85. The second-order valence-electron chi connectivity index (χ2n) is 3.68. The lowest BCUT2D eigenvalue weighted by molar-refractivity contribution is 0.310. The van der Waals surface area contributed by atoms with Crippen LogP contribution in [-0.2, 0) is 0 Å². The molecule has 0 radical (unpaired) electrons. The predicted molar refractivity (Wildman–Crippen MR) is 58.0 cm³/mol. The topological polar surface area (TPSA) is 108 Å². The van der Waals surface area contributed by atoms with Crippen LogP contribution in [0.2, 0.25) is 0 Å². The van der Waals surface area contributed by atoms with E-state index >= 15 is 0 Å². The zero-order chi connectivity index (χ0) is 12.0. The number of hydrogen-bond acceptors (Lipinski definition) is 7. The molecule has 17 heavy (non-hydrogen) atoms. The van der Waals surface area contributed by atoms with Crippen LogP contribution in [0.3, 0.4) is 0 Å². The van der Waals surface area contributed by atoms with Crippen molar-refractivity contribution < 1.29 is 4.63 Å². The molecule has 0 aliphatic carbocycles. The van der Waals surface area contributed by atoms with Crippen molar-refractivity contribution in [2.45, 2.75) is 13.8 Å². The Bertz CT molecular complexity index is 699. The zero-order valence-corrected chi connectivity index (χ0v) is 9.25. The first-order valence-corrected chi connectivity index (χ1v) is 4.94. The average molecular weight is 231 g/mol. The van der Waals surface area contributed by atoms with Gasteiger partial charge in [-0.3, -0.25) is 0 Å². The fourth-order valence-corrected chi connectivity index (χ4v) is 1.62. The summed E-state index contributed by atoms with van der Waals surface area (Å²) in [7, 11) is 0. The fraction of sp³-hybridized carbons (Fsp3) is 0.222. The second-order valence-corrected chi connectivity index (χ2v) is 3.68. The number of hydrogen-bond donors (Lipinski definition) is 1. The van der Waals surface area contributed by atoms with Gasteiger partial charge in [-0.05, 0) is 30.2 Å². The molecule has 8 nitrogen and oxygen atoms in total. The van der Waals surface area contributed by atoms with E-state index in [1.54, 1.807) is 4.52 Å². The highest BCUT2D eigenvalue weighted by Crippen LogP contribution is 2.18. The smallest absolute Gasteiger partial charge is 0.253 e. The van der Waals surface area contributed by atoms with Crippen molar-refractivity contribution in [1.29, 1.82) is 0 Å². The van der Waals surface area contributed by atoms with Crippen molar-refractivity contribution in [3.8, 4) is 11.5 Å². The maximum absolute atomic E-state index is 5.59. The molecule has 0 aliphatic rings. The monoisotopic (exact) mass is 231 g/mol. The molecule has 0 unspecified atom stereocenters. The van der Waals surface area contributed by atoms with Gasteiger partial charge in [0.1, 0.15) is 0 Å². The molecule has 3 aromatic rings. The van der Waals surface area contributed by atoms with Gasteiger partial charge >= 0.3 is 0 Å². The van der Waals surface area contributed by atoms with Crippen LogP contribution in [0.1, 0.15) is 11.4 Å². The summed E-state index contributed by atoms with van der Waals surface area (Å²) in [6.45, 7) is 3.82. The van der Waals surface area contributed by atoms with Gasteiger partial charge in [0, 0.05) is 11.4 Å². The van der Waals surface area contributed by atoms with Crippen LogP contribution in [0.15, 0.2) is 10.7 Å². The summed E-state index contributed by atoms with van der Waals surface area (Å²) in [5.74, 6) is 1.01. The average Bonchev–Trinajstić information content (AvgIpc) is 2.83. The van der Waals surface area contributed by atoms with E-state index in [1.807, 2.05) is 19.9 Å². The standard InChI is InChI=1S/C9H9N7O/c1-4-3-5(2)16-9(11-4)12-8(13-16)6-7(10)15-17-14-6/h3H,1-2H3,(H2,10,15). The summed E-state index contributed by atoms with van der Waals surface area (Å²) < 4.78 is 6.14. The molecule has 0 saturated heterocycles. The summed E-state index contributed by atoms with van der Waals surface area (Å²) in [4.78, 5) is 8.50. The molecule has 3 aromatic heterocycles. The van der Waals surface area contributed by atoms with Crippen LogP contribution >= 0.6 is 0 Å². The first-order valence-electron chi connectivity index (χ1n) is 4.94. The Morgan fingerprint density at radius 3 is 2.76 bits per heavy atom. The van der Waals surface area contributed by atoms with Crippen molar-refractivity contribution in [2.24, 2.45) is 0 Å². The SMILES string of the molecule is Cc1cc(C)n2nc(-c3nonc3N)nc2n1. The summed E-state index contributed by atoms with van der Waals surface area (Å²) in [6, 6.07) is 1.91. The van der Waals surface area contributed by atoms with E-state index in [2.05, 4.69) is 30.0 Å². The summed E-state index contributed by atoms with van der Waals surface area (Å²) in [5.41, 5.74) is 7.72. The summed E-state index contributed by atoms with van der Waals surface area (Å²) >= 11 is 0. The van der Waals surface area contributed by atoms with Crippen LogP contribution in [0, 0.1) is 13.8 Å². The molecule has 2 N–H and O–H groups in total. The summed E-state index contributed by atoms with van der Waals surface area (Å²) in [5, 5.41) is 11.4. The van der Waals surface area contributed by atoms with Gasteiger partial charge in [-0.15, -0.1) is 5.10 Å². The van der Waals surface area contributed by atoms with Crippen molar-refractivity contribution in [1.82, 2.24) is 29.9 Å². The number of nitrogens with two attached hydrogens (primary N) is 1. The number of fused-ring (bicyclic) bond motifs is 1.